The Morgan fingerprint density at radius 2 is 1.00 bits per heavy atom. The van der Waals surface area contributed by atoms with Crippen LogP contribution in [0.2, 0.25) is 0 Å². The van der Waals surface area contributed by atoms with E-state index >= 15 is 0 Å². The topological polar surface area (TPSA) is 331 Å². The monoisotopic (exact) mass is 883 g/mol. The van der Waals surface area contributed by atoms with Crippen LogP contribution >= 0.6 is 0 Å². The Morgan fingerprint density at radius 3 is 1.47 bits per heavy atom. The smallest absolute Gasteiger partial charge is 0.328 e. The van der Waals surface area contributed by atoms with Crippen molar-refractivity contribution in [3.63, 3.8) is 0 Å². The molecule has 11 N–H and O–H groups in total. The lowest BCUT2D eigenvalue weighted by molar-refractivity contribution is -0.154. The molecule has 8 atom stereocenters. The van der Waals surface area contributed by atoms with E-state index in [2.05, 4.69) is 37.2 Å². The second kappa shape index (κ2) is 26.9. The molecular formula is C41H70N8O13. The van der Waals surface area contributed by atoms with E-state index in [1.165, 1.54) is 6.92 Å². The second-order valence-electron chi connectivity index (χ2n) is 17.5. The Bertz CT molecular complexity index is 1590. The molecule has 0 aliphatic carbocycles. The fraction of sp³-hybridized carbons (Fsp3) is 0.756. The van der Waals surface area contributed by atoms with Gasteiger partial charge in [-0.2, -0.15) is 0 Å². The van der Waals surface area contributed by atoms with Gasteiger partial charge >= 0.3 is 17.9 Å². The van der Waals surface area contributed by atoms with Crippen molar-refractivity contribution in [2.24, 2.45) is 29.4 Å². The van der Waals surface area contributed by atoms with Crippen molar-refractivity contribution >= 4 is 59.3 Å². The van der Waals surface area contributed by atoms with Crippen molar-refractivity contribution in [2.45, 2.75) is 168 Å². The van der Waals surface area contributed by atoms with Crippen LogP contribution in [0, 0.1) is 23.7 Å². The second-order valence-corrected chi connectivity index (χ2v) is 17.5. The maximum Gasteiger partial charge on any atom is 0.328 e. The highest BCUT2D eigenvalue weighted by Gasteiger charge is 2.37. The molecule has 0 aromatic carbocycles. The number of nitrogens with two attached hydrogens (primary N) is 1. The Hall–Kier alpha value is -5.34. The third-order valence-electron chi connectivity index (χ3n) is 9.67. The molecule has 7 amide bonds. The van der Waals surface area contributed by atoms with E-state index in [-0.39, 0.29) is 62.8 Å². The molecule has 0 unspecified atom stereocenters. The Kier molecular flexibility index (Phi) is 23.7. The minimum atomic E-state index is -1.73. The van der Waals surface area contributed by atoms with E-state index in [1.807, 2.05) is 0 Å². The number of carboxylic acids is 2. The summed E-state index contributed by atoms with van der Waals surface area (Å²) >= 11 is 0. The summed E-state index contributed by atoms with van der Waals surface area (Å²) in [4.78, 5) is 133. The van der Waals surface area contributed by atoms with Gasteiger partial charge in [0.15, 0.2) is 0 Å². The van der Waals surface area contributed by atoms with Gasteiger partial charge < -0.3 is 57.9 Å². The van der Waals surface area contributed by atoms with Crippen LogP contribution in [0.1, 0.15) is 120 Å². The summed E-state index contributed by atoms with van der Waals surface area (Å²) in [5, 5.41) is 36.9. The van der Waals surface area contributed by atoms with Gasteiger partial charge in [0.25, 0.3) is 0 Å². The van der Waals surface area contributed by atoms with Crippen molar-refractivity contribution in [2.75, 3.05) is 6.54 Å². The molecule has 21 nitrogen and oxygen atoms in total. The Morgan fingerprint density at radius 1 is 0.581 bits per heavy atom. The number of hydrogen-bond donors (Lipinski definition) is 10. The molecule has 0 bridgehead atoms. The maximum atomic E-state index is 13.9. The number of cyclic esters (lactones) is 1. The van der Waals surface area contributed by atoms with E-state index in [9.17, 15) is 58.2 Å². The average Bonchev–Trinajstić information content (AvgIpc) is 3.14. The van der Waals surface area contributed by atoms with E-state index in [1.54, 1.807) is 55.4 Å². The summed E-state index contributed by atoms with van der Waals surface area (Å²) in [5.41, 5.74) is 5.73. The number of amides is 7. The molecule has 21 heteroatoms. The molecule has 62 heavy (non-hydrogen) atoms. The Labute approximate surface area is 363 Å². The largest absolute Gasteiger partial charge is 0.481 e. The summed E-state index contributed by atoms with van der Waals surface area (Å²) in [6, 6.07) is -9.75. The van der Waals surface area contributed by atoms with Gasteiger partial charge in [-0.1, -0.05) is 55.4 Å². The number of rotatable bonds is 15. The molecule has 0 radical (unpaired) electrons. The van der Waals surface area contributed by atoms with Crippen LogP contribution in [0.5, 0.6) is 0 Å². The summed E-state index contributed by atoms with van der Waals surface area (Å²) in [5.74, 6) is -11.0. The molecule has 0 aromatic heterocycles. The third kappa shape index (κ3) is 20.5. The van der Waals surface area contributed by atoms with Crippen LogP contribution in [0.15, 0.2) is 0 Å². The van der Waals surface area contributed by atoms with Gasteiger partial charge in [-0.25, -0.2) is 4.79 Å². The molecular weight excluding hydrogens is 812 g/mol. The highest BCUT2D eigenvalue weighted by molar-refractivity contribution is 5.98. The predicted octanol–water partition coefficient (Wildman–Crippen LogP) is -0.412. The van der Waals surface area contributed by atoms with Gasteiger partial charge in [0.05, 0.1) is 12.8 Å². The minimum Gasteiger partial charge on any atom is -0.481 e. The molecule has 1 rings (SSSR count). The van der Waals surface area contributed by atoms with Crippen LogP contribution in [-0.2, 0) is 52.7 Å². The zero-order chi connectivity index (χ0) is 47.4. The van der Waals surface area contributed by atoms with E-state index < -0.39 is 133 Å². The average molecular weight is 883 g/mol. The SMILES string of the molecule is CC(C)C[C@@H]1NC(=O)[C@H](CCC(=O)O)NC(=O)C[C@@H](C)OC(=O)[C@H](CC(C)C)NC(=O)[C@@H](CC(C)C)NC(=O)[C@H](CC(=O)O)NC(=O)[C@H](C(C)C)NC(=O)[C@@H](CCCN)NC1=O. The van der Waals surface area contributed by atoms with Crippen LogP contribution in [-0.4, -0.2) is 124 Å². The first-order valence-electron chi connectivity index (χ1n) is 21.3. The molecule has 1 fully saturated rings. The highest BCUT2D eigenvalue weighted by atomic mass is 16.5. The van der Waals surface area contributed by atoms with E-state index in [0.717, 1.165) is 0 Å². The first kappa shape index (κ1) is 54.7. The van der Waals surface area contributed by atoms with Gasteiger partial charge in [0.1, 0.15) is 48.4 Å². The summed E-state index contributed by atoms with van der Waals surface area (Å²) < 4.78 is 5.55. The lowest BCUT2D eigenvalue weighted by Crippen LogP contribution is -2.61. The van der Waals surface area contributed by atoms with Crippen LogP contribution < -0.4 is 43.0 Å². The van der Waals surface area contributed by atoms with Crippen molar-refractivity contribution in [1.29, 1.82) is 0 Å². The van der Waals surface area contributed by atoms with E-state index in [0.29, 0.717) is 0 Å². The molecule has 1 saturated heterocycles. The number of ether oxygens (including phenoxy) is 1. The lowest BCUT2D eigenvalue weighted by Gasteiger charge is -2.29. The van der Waals surface area contributed by atoms with Crippen molar-refractivity contribution in [3.8, 4) is 0 Å². The van der Waals surface area contributed by atoms with Crippen molar-refractivity contribution in [1.82, 2.24) is 37.2 Å². The molecule has 1 aliphatic rings. The van der Waals surface area contributed by atoms with Gasteiger partial charge in [-0.05, 0) is 75.7 Å². The number of carboxylic acid groups (broad SMARTS) is 2. The van der Waals surface area contributed by atoms with Gasteiger partial charge in [-0.3, -0.25) is 43.2 Å². The highest BCUT2D eigenvalue weighted by Crippen LogP contribution is 2.14. The van der Waals surface area contributed by atoms with Crippen LogP contribution in [0.3, 0.4) is 0 Å². The summed E-state index contributed by atoms with van der Waals surface area (Å²) in [7, 11) is 0. The number of esters is 1. The number of carbonyl (C=O) groups excluding carboxylic acids is 8. The van der Waals surface area contributed by atoms with Crippen molar-refractivity contribution in [3.05, 3.63) is 0 Å². The first-order valence-corrected chi connectivity index (χ1v) is 21.3. The van der Waals surface area contributed by atoms with E-state index in [4.69, 9.17) is 10.5 Å². The summed E-state index contributed by atoms with van der Waals surface area (Å²) in [6.07, 6.45) is -3.06. The maximum absolute atomic E-state index is 13.9. The van der Waals surface area contributed by atoms with Crippen molar-refractivity contribution < 1.29 is 62.9 Å². The van der Waals surface area contributed by atoms with Crippen LogP contribution in [0.25, 0.3) is 0 Å². The van der Waals surface area contributed by atoms with Gasteiger partial charge in [-0.15, -0.1) is 0 Å². The third-order valence-corrected chi connectivity index (χ3v) is 9.67. The number of carbonyl (C=O) groups is 10. The fourth-order valence-corrected chi connectivity index (χ4v) is 6.58. The normalized spacial score (nSPS) is 26.0. The molecule has 0 saturated carbocycles. The van der Waals surface area contributed by atoms with Gasteiger partial charge in [0, 0.05) is 6.42 Å². The van der Waals surface area contributed by atoms with Gasteiger partial charge in [0.2, 0.25) is 41.4 Å². The Balaban J connectivity index is 3.88. The first-order chi connectivity index (χ1) is 28.8. The minimum absolute atomic E-state index is 0.00964. The molecule has 0 aromatic rings. The van der Waals surface area contributed by atoms with Crippen LogP contribution in [0.4, 0.5) is 0 Å². The lowest BCUT2D eigenvalue weighted by atomic mass is 9.99. The molecule has 352 valence electrons. The summed E-state index contributed by atoms with van der Waals surface area (Å²) in [6.45, 7) is 15.3. The zero-order valence-electron chi connectivity index (χ0n) is 37.5. The molecule has 1 aliphatic heterocycles. The molecule has 0 spiro atoms. The number of hydrogen-bond acceptors (Lipinski definition) is 12. The molecule has 1 heterocycles. The quantitative estimate of drug-likeness (QED) is 0.0936. The number of nitrogens with one attached hydrogen (secondary N) is 7. The predicted molar refractivity (Wildman–Crippen MR) is 224 cm³/mol. The number of aliphatic carboxylic acids is 2. The fourth-order valence-electron chi connectivity index (χ4n) is 6.58. The zero-order valence-corrected chi connectivity index (χ0v) is 37.5. The standard InChI is InChI=1S/C41H70N8O13/c1-20(2)15-27-37(57)44-25(11-10-14-42)36(56)49-34(23(7)8)40(60)47-29(19-33(53)54)39(59)46-28(16-21(3)4)38(58)48-30(17-22(5)6)41(61)62-24(9)18-31(50)43-26(35(55)45-27)12-13-32(51)52/h20-30,34H,10-19,42H2,1-9H3,(H,43,50)(H,44,57)(H,45,55)(H,46,59)(H,47,60)(H,48,58)(H,49,56)(H,51,52)(H,53,54)/t24-,25-,26+,27+,28-,29+,30+,34+/m1/s1.